The molecule has 2 heterocycles. The Labute approximate surface area is 116 Å². The molecule has 0 spiro atoms. The monoisotopic (exact) mass is 268 g/mol. The Hall–Kier alpha value is -0.610. The summed E-state index contributed by atoms with van der Waals surface area (Å²) in [5.41, 5.74) is 5.60. The molecule has 0 aromatic rings. The Morgan fingerprint density at radius 2 is 2.16 bits per heavy atom. The van der Waals surface area contributed by atoms with Gasteiger partial charge in [0, 0.05) is 32.8 Å². The predicted octanol–water partition coefficient (Wildman–Crippen LogP) is 1.78. The second kappa shape index (κ2) is 6.71. The van der Waals surface area contributed by atoms with Gasteiger partial charge < -0.3 is 15.4 Å². The fourth-order valence-corrected chi connectivity index (χ4v) is 3.50. The molecular weight excluding hydrogens is 240 g/mol. The van der Waals surface area contributed by atoms with Gasteiger partial charge >= 0.3 is 0 Å². The third-order valence-electron chi connectivity index (χ3n) is 4.80. The molecule has 2 N–H and O–H groups in total. The van der Waals surface area contributed by atoms with Crippen LogP contribution in [0.2, 0.25) is 0 Å². The smallest absolute Gasteiger partial charge is 0.230 e. The lowest BCUT2D eigenvalue weighted by molar-refractivity contribution is -0.149. The minimum Gasteiger partial charge on any atom is -0.381 e. The molecule has 19 heavy (non-hydrogen) atoms. The van der Waals surface area contributed by atoms with E-state index >= 15 is 0 Å². The average molecular weight is 268 g/mol. The van der Waals surface area contributed by atoms with Crippen molar-refractivity contribution in [2.24, 2.45) is 17.1 Å². The topological polar surface area (TPSA) is 55.6 Å². The first-order chi connectivity index (χ1) is 9.22. The number of amides is 1. The van der Waals surface area contributed by atoms with Gasteiger partial charge in [0.25, 0.3) is 0 Å². The molecule has 0 bridgehead atoms. The van der Waals surface area contributed by atoms with Crippen LogP contribution in [0.15, 0.2) is 0 Å². The second-order valence-corrected chi connectivity index (χ2v) is 6.14. The molecule has 1 unspecified atom stereocenters. The fourth-order valence-electron chi connectivity index (χ4n) is 3.50. The summed E-state index contributed by atoms with van der Waals surface area (Å²) in [4.78, 5) is 14.9. The third kappa shape index (κ3) is 3.29. The zero-order chi connectivity index (χ0) is 13.7. The van der Waals surface area contributed by atoms with Crippen molar-refractivity contribution in [3.05, 3.63) is 0 Å². The Morgan fingerprint density at radius 1 is 1.42 bits per heavy atom. The molecule has 0 aromatic heterocycles. The number of carbonyl (C=O) groups excluding carboxylic acids is 1. The lowest BCUT2D eigenvalue weighted by atomic mass is 9.78. The van der Waals surface area contributed by atoms with Gasteiger partial charge in [0.2, 0.25) is 5.91 Å². The minimum atomic E-state index is -0.341. The van der Waals surface area contributed by atoms with Crippen LogP contribution in [0.4, 0.5) is 0 Å². The Kier molecular flexibility index (Phi) is 5.22. The molecule has 0 aromatic carbocycles. The number of carbonyl (C=O) groups is 1. The number of nitrogens with zero attached hydrogens (tertiary/aromatic N) is 1. The highest BCUT2D eigenvalue weighted by Crippen LogP contribution is 2.33. The summed E-state index contributed by atoms with van der Waals surface area (Å²) in [6.07, 6.45) is 6.45. The maximum absolute atomic E-state index is 12.8. The van der Waals surface area contributed by atoms with Crippen LogP contribution in [0.25, 0.3) is 0 Å². The van der Waals surface area contributed by atoms with Crippen LogP contribution in [0.5, 0.6) is 0 Å². The quantitative estimate of drug-likeness (QED) is 0.845. The molecule has 2 rings (SSSR count). The van der Waals surface area contributed by atoms with Crippen molar-refractivity contribution in [3.63, 3.8) is 0 Å². The van der Waals surface area contributed by atoms with Crippen molar-refractivity contribution in [1.82, 2.24) is 4.90 Å². The van der Waals surface area contributed by atoms with Gasteiger partial charge in [-0.1, -0.05) is 13.3 Å². The van der Waals surface area contributed by atoms with Gasteiger partial charge in [0.1, 0.15) is 0 Å². The lowest BCUT2D eigenvalue weighted by Crippen LogP contribution is -2.53. The first-order valence-electron chi connectivity index (χ1n) is 7.79. The van der Waals surface area contributed by atoms with Crippen LogP contribution < -0.4 is 5.73 Å². The van der Waals surface area contributed by atoms with Crippen LogP contribution in [-0.2, 0) is 9.53 Å². The Morgan fingerprint density at radius 3 is 2.79 bits per heavy atom. The van der Waals surface area contributed by atoms with Crippen molar-refractivity contribution in [2.45, 2.75) is 45.4 Å². The average Bonchev–Trinajstić information content (AvgIpc) is 2.48. The van der Waals surface area contributed by atoms with E-state index in [1.807, 2.05) is 0 Å². The zero-order valence-corrected chi connectivity index (χ0v) is 12.2. The largest absolute Gasteiger partial charge is 0.381 e. The van der Waals surface area contributed by atoms with E-state index in [0.29, 0.717) is 31.6 Å². The van der Waals surface area contributed by atoms with Crippen LogP contribution in [0, 0.1) is 11.3 Å². The Balaban J connectivity index is 2.00. The molecule has 1 atom stereocenters. The van der Waals surface area contributed by atoms with E-state index in [0.717, 1.165) is 32.4 Å². The molecule has 4 nitrogen and oxygen atoms in total. The van der Waals surface area contributed by atoms with Gasteiger partial charge in [0.15, 0.2) is 0 Å². The van der Waals surface area contributed by atoms with Gasteiger partial charge in [-0.15, -0.1) is 0 Å². The first kappa shape index (κ1) is 14.8. The molecule has 0 saturated carbocycles. The van der Waals surface area contributed by atoms with Crippen LogP contribution in [-0.4, -0.2) is 43.7 Å². The SMILES string of the molecule is CCCC1CCCN(C(=O)C2(CN)CCOCC2)C1. The van der Waals surface area contributed by atoms with Crippen LogP contribution in [0.1, 0.15) is 45.4 Å². The summed E-state index contributed by atoms with van der Waals surface area (Å²) < 4.78 is 5.40. The van der Waals surface area contributed by atoms with Gasteiger partial charge in [-0.25, -0.2) is 0 Å². The predicted molar refractivity (Wildman–Crippen MR) is 75.8 cm³/mol. The summed E-state index contributed by atoms with van der Waals surface area (Å²) in [6, 6.07) is 0. The van der Waals surface area contributed by atoms with Crippen molar-refractivity contribution >= 4 is 5.91 Å². The molecule has 2 aliphatic heterocycles. The van der Waals surface area contributed by atoms with Crippen molar-refractivity contribution in [1.29, 1.82) is 0 Å². The maximum atomic E-state index is 12.8. The van der Waals surface area contributed by atoms with Crippen LogP contribution >= 0.6 is 0 Å². The summed E-state index contributed by atoms with van der Waals surface area (Å²) in [5.74, 6) is 0.983. The highest BCUT2D eigenvalue weighted by atomic mass is 16.5. The molecule has 4 heteroatoms. The summed E-state index contributed by atoms with van der Waals surface area (Å²) in [5, 5.41) is 0. The highest BCUT2D eigenvalue weighted by molar-refractivity contribution is 5.83. The highest BCUT2D eigenvalue weighted by Gasteiger charge is 2.42. The number of rotatable bonds is 4. The van der Waals surface area contributed by atoms with Gasteiger partial charge in [0.05, 0.1) is 5.41 Å². The number of hydrogen-bond donors (Lipinski definition) is 1. The summed E-state index contributed by atoms with van der Waals surface area (Å²) in [6.45, 7) is 5.89. The molecule has 0 aliphatic carbocycles. The lowest BCUT2D eigenvalue weighted by Gasteiger charge is -2.42. The number of ether oxygens (including phenoxy) is 1. The first-order valence-corrected chi connectivity index (χ1v) is 7.79. The normalized spacial score (nSPS) is 27.3. The fraction of sp³-hybridized carbons (Fsp3) is 0.933. The van der Waals surface area contributed by atoms with Crippen molar-refractivity contribution < 1.29 is 9.53 Å². The molecule has 110 valence electrons. The number of nitrogens with two attached hydrogens (primary N) is 1. The molecule has 2 saturated heterocycles. The van der Waals surface area contributed by atoms with Gasteiger partial charge in [-0.2, -0.15) is 0 Å². The number of hydrogen-bond acceptors (Lipinski definition) is 3. The van der Waals surface area contributed by atoms with E-state index in [1.54, 1.807) is 0 Å². The molecule has 1 amide bonds. The van der Waals surface area contributed by atoms with Gasteiger partial charge in [-0.05, 0) is 38.0 Å². The molecule has 2 fully saturated rings. The second-order valence-electron chi connectivity index (χ2n) is 6.14. The van der Waals surface area contributed by atoms with E-state index in [4.69, 9.17) is 10.5 Å². The van der Waals surface area contributed by atoms with Crippen molar-refractivity contribution in [2.75, 3.05) is 32.8 Å². The summed E-state index contributed by atoms with van der Waals surface area (Å²) in [7, 11) is 0. The van der Waals surface area contributed by atoms with Gasteiger partial charge in [-0.3, -0.25) is 4.79 Å². The van der Waals surface area contributed by atoms with E-state index < -0.39 is 0 Å². The number of likely N-dealkylation sites (tertiary alicyclic amines) is 1. The third-order valence-corrected chi connectivity index (χ3v) is 4.80. The van der Waals surface area contributed by atoms with Crippen molar-refractivity contribution in [3.8, 4) is 0 Å². The standard InChI is InChI=1S/C15H28N2O2/c1-2-4-13-5-3-8-17(11-13)14(18)15(12-16)6-9-19-10-7-15/h13H,2-12,16H2,1H3. The summed E-state index contributed by atoms with van der Waals surface area (Å²) >= 11 is 0. The van der Waals surface area contributed by atoms with Crippen LogP contribution in [0.3, 0.4) is 0 Å². The minimum absolute atomic E-state index is 0.291. The maximum Gasteiger partial charge on any atom is 0.230 e. The van der Waals surface area contributed by atoms with E-state index in [-0.39, 0.29) is 5.41 Å². The van der Waals surface area contributed by atoms with E-state index in [9.17, 15) is 4.79 Å². The molecular formula is C15H28N2O2. The molecule has 2 aliphatic rings. The van der Waals surface area contributed by atoms with E-state index in [2.05, 4.69) is 11.8 Å². The molecule has 0 radical (unpaired) electrons. The Bertz CT molecular complexity index is 299. The van der Waals surface area contributed by atoms with E-state index in [1.165, 1.54) is 19.3 Å². The number of piperidine rings is 1. The zero-order valence-electron chi connectivity index (χ0n) is 12.2.